The van der Waals surface area contributed by atoms with Crippen LogP contribution in [0.25, 0.3) is 0 Å². The highest BCUT2D eigenvalue weighted by atomic mass is 16.2. The van der Waals surface area contributed by atoms with Crippen molar-refractivity contribution in [2.24, 2.45) is 0 Å². The minimum Gasteiger partial charge on any atom is -0.382 e. The van der Waals surface area contributed by atoms with Crippen LogP contribution in [0.2, 0.25) is 0 Å². The van der Waals surface area contributed by atoms with Crippen LogP contribution in [-0.4, -0.2) is 30.9 Å². The summed E-state index contributed by atoms with van der Waals surface area (Å²) in [6.45, 7) is 4.51. The Labute approximate surface area is 119 Å². The maximum atomic E-state index is 12.3. The van der Waals surface area contributed by atoms with E-state index in [4.69, 9.17) is 0 Å². The molecule has 0 spiro atoms. The van der Waals surface area contributed by atoms with Crippen molar-refractivity contribution >= 4 is 17.5 Å². The van der Waals surface area contributed by atoms with Crippen LogP contribution in [0.4, 0.5) is 5.69 Å². The maximum absolute atomic E-state index is 12.3. The summed E-state index contributed by atoms with van der Waals surface area (Å²) in [6.07, 6.45) is 0.734. The normalized spacial score (nSPS) is 20.5. The molecule has 2 rings (SSSR count). The molecule has 1 aliphatic rings. The Balaban J connectivity index is 2.05. The number of fused-ring (bicyclic) bond motifs is 1. The molecule has 0 aromatic heterocycles. The van der Waals surface area contributed by atoms with Gasteiger partial charge in [-0.15, -0.1) is 0 Å². The van der Waals surface area contributed by atoms with Gasteiger partial charge in [0.25, 0.3) is 0 Å². The largest absolute Gasteiger partial charge is 0.382 e. The van der Waals surface area contributed by atoms with Crippen molar-refractivity contribution in [2.45, 2.75) is 32.2 Å². The Morgan fingerprint density at radius 2 is 2.05 bits per heavy atom. The number of nitrogens with one attached hydrogen (secondary N) is 3. The fourth-order valence-corrected chi connectivity index (χ4v) is 2.54. The number of amides is 2. The zero-order chi connectivity index (χ0) is 14.5. The van der Waals surface area contributed by atoms with Gasteiger partial charge in [-0.05, 0) is 31.9 Å². The van der Waals surface area contributed by atoms with Gasteiger partial charge in [0, 0.05) is 18.3 Å². The van der Waals surface area contributed by atoms with E-state index >= 15 is 0 Å². The SMILES string of the molecule is CCNC(=O)CNC(=O)C1CC(C)Nc2ccccc21. The van der Waals surface area contributed by atoms with Crippen molar-refractivity contribution in [1.29, 1.82) is 0 Å². The molecule has 0 radical (unpaired) electrons. The van der Waals surface area contributed by atoms with Crippen molar-refractivity contribution in [3.8, 4) is 0 Å². The second-order valence-corrected chi connectivity index (χ2v) is 5.09. The Kier molecular flexibility index (Phi) is 4.61. The summed E-state index contributed by atoms with van der Waals surface area (Å²) >= 11 is 0. The van der Waals surface area contributed by atoms with Crippen LogP contribution in [0.5, 0.6) is 0 Å². The molecular formula is C15H21N3O2. The van der Waals surface area contributed by atoms with Crippen molar-refractivity contribution in [1.82, 2.24) is 10.6 Å². The van der Waals surface area contributed by atoms with Crippen LogP contribution in [0.15, 0.2) is 24.3 Å². The van der Waals surface area contributed by atoms with Gasteiger partial charge < -0.3 is 16.0 Å². The van der Waals surface area contributed by atoms with Gasteiger partial charge in [-0.3, -0.25) is 9.59 Å². The molecule has 0 aliphatic carbocycles. The van der Waals surface area contributed by atoms with Crippen LogP contribution in [-0.2, 0) is 9.59 Å². The molecule has 20 heavy (non-hydrogen) atoms. The number of anilines is 1. The summed E-state index contributed by atoms with van der Waals surface area (Å²) in [4.78, 5) is 23.7. The molecule has 0 saturated heterocycles. The molecule has 0 saturated carbocycles. The van der Waals surface area contributed by atoms with E-state index in [9.17, 15) is 9.59 Å². The minimum atomic E-state index is -0.197. The number of benzene rings is 1. The third-order valence-electron chi connectivity index (χ3n) is 3.44. The van der Waals surface area contributed by atoms with Gasteiger partial charge in [0.2, 0.25) is 11.8 Å². The molecule has 0 fully saturated rings. The van der Waals surface area contributed by atoms with Crippen LogP contribution in [0.3, 0.4) is 0 Å². The Hall–Kier alpha value is -2.04. The fraction of sp³-hybridized carbons (Fsp3) is 0.467. The van der Waals surface area contributed by atoms with Gasteiger partial charge in [0.15, 0.2) is 0 Å². The summed E-state index contributed by atoms with van der Waals surface area (Å²) in [5.74, 6) is -0.440. The second kappa shape index (κ2) is 6.41. The monoisotopic (exact) mass is 275 g/mol. The maximum Gasteiger partial charge on any atom is 0.239 e. The Bertz CT molecular complexity index is 502. The summed E-state index contributed by atoms with van der Waals surface area (Å²) in [5.41, 5.74) is 2.00. The lowest BCUT2D eigenvalue weighted by molar-refractivity contribution is -0.127. The molecule has 1 aliphatic heterocycles. The molecule has 1 heterocycles. The third kappa shape index (κ3) is 3.29. The van der Waals surface area contributed by atoms with Crippen LogP contribution in [0.1, 0.15) is 31.7 Å². The van der Waals surface area contributed by atoms with Crippen LogP contribution in [0, 0.1) is 0 Å². The van der Waals surface area contributed by atoms with Gasteiger partial charge in [0.1, 0.15) is 0 Å². The molecule has 5 heteroatoms. The average molecular weight is 275 g/mol. The van der Waals surface area contributed by atoms with Crippen molar-refractivity contribution in [3.63, 3.8) is 0 Å². The molecule has 5 nitrogen and oxygen atoms in total. The quantitative estimate of drug-likeness (QED) is 0.774. The lowest BCUT2D eigenvalue weighted by atomic mass is 9.87. The molecule has 108 valence electrons. The number of rotatable bonds is 4. The van der Waals surface area contributed by atoms with E-state index in [0.717, 1.165) is 17.7 Å². The van der Waals surface area contributed by atoms with Gasteiger partial charge in [-0.1, -0.05) is 18.2 Å². The summed E-state index contributed by atoms with van der Waals surface area (Å²) in [6, 6.07) is 8.07. The highest BCUT2D eigenvalue weighted by molar-refractivity contribution is 5.90. The lowest BCUT2D eigenvalue weighted by Gasteiger charge is -2.30. The molecule has 1 aromatic rings. The first-order valence-electron chi connectivity index (χ1n) is 7.01. The number of likely N-dealkylation sites (N-methyl/N-ethyl adjacent to an activating group) is 1. The van der Waals surface area contributed by atoms with Gasteiger partial charge >= 0.3 is 0 Å². The van der Waals surface area contributed by atoms with Gasteiger partial charge in [-0.2, -0.15) is 0 Å². The minimum absolute atomic E-state index is 0.0349. The van der Waals surface area contributed by atoms with Crippen LogP contribution >= 0.6 is 0 Å². The zero-order valence-electron chi connectivity index (χ0n) is 11.9. The predicted molar refractivity (Wildman–Crippen MR) is 78.6 cm³/mol. The summed E-state index contributed by atoms with van der Waals surface area (Å²) in [5, 5.41) is 8.76. The van der Waals surface area contributed by atoms with E-state index < -0.39 is 0 Å². The molecular weight excluding hydrogens is 254 g/mol. The number of carbonyl (C=O) groups is 2. The van der Waals surface area contributed by atoms with E-state index in [-0.39, 0.29) is 30.3 Å². The van der Waals surface area contributed by atoms with E-state index in [1.807, 2.05) is 31.2 Å². The number of hydrogen-bond donors (Lipinski definition) is 3. The molecule has 3 N–H and O–H groups in total. The molecule has 2 amide bonds. The molecule has 2 atom stereocenters. The van der Waals surface area contributed by atoms with Crippen molar-refractivity contribution in [2.75, 3.05) is 18.4 Å². The van der Waals surface area contributed by atoms with E-state index in [1.165, 1.54) is 0 Å². The van der Waals surface area contributed by atoms with Crippen molar-refractivity contribution < 1.29 is 9.59 Å². The number of carbonyl (C=O) groups excluding carboxylic acids is 2. The highest BCUT2D eigenvalue weighted by Crippen LogP contribution is 2.33. The zero-order valence-corrected chi connectivity index (χ0v) is 11.9. The Morgan fingerprint density at radius 3 is 2.80 bits per heavy atom. The first-order valence-corrected chi connectivity index (χ1v) is 7.01. The molecule has 1 aromatic carbocycles. The van der Waals surface area contributed by atoms with Gasteiger partial charge in [0.05, 0.1) is 12.5 Å². The van der Waals surface area contributed by atoms with E-state index in [0.29, 0.717) is 6.54 Å². The van der Waals surface area contributed by atoms with E-state index in [2.05, 4.69) is 22.9 Å². The standard InChI is InChI=1S/C15H21N3O2/c1-3-16-14(19)9-17-15(20)12-8-10(2)18-13-7-5-4-6-11(12)13/h4-7,10,12,18H,3,8-9H2,1-2H3,(H,16,19)(H,17,20). The smallest absolute Gasteiger partial charge is 0.239 e. The predicted octanol–water partition coefficient (Wildman–Crippen LogP) is 1.23. The summed E-state index contributed by atoms with van der Waals surface area (Å²) in [7, 11) is 0. The third-order valence-corrected chi connectivity index (χ3v) is 3.44. The highest BCUT2D eigenvalue weighted by Gasteiger charge is 2.29. The number of hydrogen-bond acceptors (Lipinski definition) is 3. The van der Waals surface area contributed by atoms with Crippen molar-refractivity contribution in [3.05, 3.63) is 29.8 Å². The average Bonchev–Trinajstić information content (AvgIpc) is 2.44. The summed E-state index contributed by atoms with van der Waals surface area (Å²) < 4.78 is 0. The first kappa shape index (κ1) is 14.4. The van der Waals surface area contributed by atoms with Crippen LogP contribution < -0.4 is 16.0 Å². The first-order chi connectivity index (χ1) is 9.61. The molecule has 2 unspecified atom stereocenters. The fourth-order valence-electron chi connectivity index (χ4n) is 2.54. The topological polar surface area (TPSA) is 70.2 Å². The van der Waals surface area contributed by atoms with E-state index in [1.54, 1.807) is 0 Å². The second-order valence-electron chi connectivity index (χ2n) is 5.09. The lowest BCUT2D eigenvalue weighted by Crippen LogP contribution is -2.41. The molecule has 0 bridgehead atoms. The number of para-hydroxylation sites is 1. The van der Waals surface area contributed by atoms with Gasteiger partial charge in [-0.25, -0.2) is 0 Å². The Morgan fingerprint density at radius 1 is 1.30 bits per heavy atom.